The van der Waals surface area contributed by atoms with Gasteiger partial charge in [0, 0.05) is 30.2 Å². The van der Waals surface area contributed by atoms with Gasteiger partial charge in [-0.3, -0.25) is 9.36 Å². The van der Waals surface area contributed by atoms with E-state index in [9.17, 15) is 14.8 Å². The maximum Gasteiger partial charge on any atom is 0.365 e. The molecule has 4 rings (SSSR count). The quantitative estimate of drug-likeness (QED) is 0.539. The van der Waals surface area contributed by atoms with E-state index in [1.165, 1.54) is 4.57 Å². The van der Waals surface area contributed by atoms with Gasteiger partial charge in [0.25, 0.3) is 0 Å². The molecule has 0 unspecified atom stereocenters. The molecule has 0 saturated carbocycles. The molecule has 0 saturated heterocycles. The second-order valence-electron chi connectivity index (χ2n) is 6.60. The number of rotatable bonds is 5. The Labute approximate surface area is 160 Å². The lowest BCUT2D eigenvalue weighted by Crippen LogP contribution is -2.38. The monoisotopic (exact) mass is 379 g/mol. The summed E-state index contributed by atoms with van der Waals surface area (Å²) >= 11 is 0. The van der Waals surface area contributed by atoms with Crippen LogP contribution in [0.4, 0.5) is 5.69 Å². The van der Waals surface area contributed by atoms with Gasteiger partial charge in [-0.2, -0.15) is 0 Å². The molecule has 0 aliphatic carbocycles. The summed E-state index contributed by atoms with van der Waals surface area (Å²) in [5, 5.41) is 10.7. The normalized spacial score (nSPS) is 11.4. The second kappa shape index (κ2) is 6.92. The Morgan fingerprint density at radius 1 is 1.04 bits per heavy atom. The van der Waals surface area contributed by atoms with E-state index < -0.39 is 11.2 Å². The molecule has 28 heavy (non-hydrogen) atoms. The van der Waals surface area contributed by atoms with Gasteiger partial charge in [0.1, 0.15) is 11.1 Å². The van der Waals surface area contributed by atoms with Crippen molar-refractivity contribution in [2.45, 2.75) is 20.4 Å². The summed E-state index contributed by atoms with van der Waals surface area (Å²) in [6.45, 7) is 6.01. The molecule has 4 aromatic rings. The molecule has 2 heterocycles. The molecule has 2 aromatic heterocycles. The van der Waals surface area contributed by atoms with E-state index in [0.29, 0.717) is 16.5 Å². The molecule has 0 amide bonds. The van der Waals surface area contributed by atoms with Gasteiger partial charge in [-0.1, -0.05) is 35.1 Å². The Bertz CT molecular complexity index is 1260. The van der Waals surface area contributed by atoms with E-state index in [2.05, 4.69) is 18.7 Å². The van der Waals surface area contributed by atoms with Crippen LogP contribution < -0.4 is 16.1 Å². The molecule has 7 nitrogen and oxygen atoms in total. The fourth-order valence-corrected chi connectivity index (χ4v) is 3.58. The Kier molecular flexibility index (Phi) is 4.43. The zero-order chi connectivity index (χ0) is 19.8. The topological polar surface area (TPSA) is 80.6 Å². The largest absolute Gasteiger partial charge is 0.448 e. The summed E-state index contributed by atoms with van der Waals surface area (Å²) in [5.74, 6) is 0. The van der Waals surface area contributed by atoms with Gasteiger partial charge in [-0.25, -0.2) is 4.79 Å². The third-order valence-electron chi connectivity index (χ3n) is 5.03. The van der Waals surface area contributed by atoms with Gasteiger partial charge >= 0.3 is 11.2 Å². The van der Waals surface area contributed by atoms with Crippen molar-refractivity contribution in [1.82, 2.24) is 9.30 Å². The number of fused-ring (bicyclic) bond motifs is 3. The van der Waals surface area contributed by atoms with Crippen LogP contribution in [-0.4, -0.2) is 27.6 Å². The first-order valence-electron chi connectivity index (χ1n) is 9.25. The maximum absolute atomic E-state index is 12.6. The van der Waals surface area contributed by atoms with Gasteiger partial charge in [0.05, 0.1) is 6.54 Å². The van der Waals surface area contributed by atoms with Crippen molar-refractivity contribution in [2.75, 3.05) is 18.0 Å². The van der Waals surface area contributed by atoms with E-state index in [1.807, 2.05) is 48.5 Å². The van der Waals surface area contributed by atoms with Crippen molar-refractivity contribution in [3.63, 3.8) is 0 Å². The molecule has 1 N–H and O–H groups in total. The minimum Gasteiger partial charge on any atom is -0.448 e. The highest BCUT2D eigenvalue weighted by Crippen LogP contribution is 2.30. The van der Waals surface area contributed by atoms with Crippen molar-refractivity contribution >= 4 is 27.8 Å². The summed E-state index contributed by atoms with van der Waals surface area (Å²) in [7, 11) is 0. The van der Waals surface area contributed by atoms with Gasteiger partial charge in [0.2, 0.25) is 5.58 Å². The zero-order valence-electron chi connectivity index (χ0n) is 15.8. The van der Waals surface area contributed by atoms with Crippen LogP contribution in [0, 0.1) is 0 Å². The third kappa shape index (κ3) is 2.76. The van der Waals surface area contributed by atoms with Crippen LogP contribution in [0.5, 0.6) is 0 Å². The summed E-state index contributed by atoms with van der Waals surface area (Å²) in [6.07, 6.45) is 0. The van der Waals surface area contributed by atoms with E-state index in [0.717, 1.165) is 24.3 Å². The molecular formula is C21H21N3O4. The molecule has 0 spiro atoms. The van der Waals surface area contributed by atoms with Gasteiger partial charge < -0.3 is 14.5 Å². The SMILES string of the molecule is CCN(CC)c1ccc2c(c1)oc1c(=O)n(O)c(=O)n(Cc3ccccc3)c12. The molecule has 144 valence electrons. The lowest BCUT2D eigenvalue weighted by Gasteiger charge is -2.20. The first-order valence-corrected chi connectivity index (χ1v) is 9.25. The van der Waals surface area contributed by atoms with E-state index in [1.54, 1.807) is 0 Å². The van der Waals surface area contributed by atoms with Crippen molar-refractivity contribution in [3.8, 4) is 0 Å². The molecule has 2 aromatic carbocycles. The van der Waals surface area contributed by atoms with Crippen molar-refractivity contribution in [2.24, 2.45) is 0 Å². The fourth-order valence-electron chi connectivity index (χ4n) is 3.58. The van der Waals surface area contributed by atoms with E-state index in [4.69, 9.17) is 4.42 Å². The van der Waals surface area contributed by atoms with Gasteiger partial charge in [-0.15, -0.1) is 0 Å². The summed E-state index contributed by atoms with van der Waals surface area (Å²) in [5.41, 5.74) is 1.05. The maximum atomic E-state index is 12.6. The highest BCUT2D eigenvalue weighted by atomic mass is 16.5. The van der Waals surface area contributed by atoms with Crippen LogP contribution in [0.25, 0.3) is 22.1 Å². The Morgan fingerprint density at radius 3 is 2.43 bits per heavy atom. The van der Waals surface area contributed by atoms with Gasteiger partial charge in [0.15, 0.2) is 0 Å². The predicted octanol–water partition coefficient (Wildman–Crippen LogP) is 3.04. The van der Waals surface area contributed by atoms with Crippen LogP contribution >= 0.6 is 0 Å². The average Bonchev–Trinajstić information content (AvgIpc) is 3.10. The molecule has 0 atom stereocenters. The number of hydrogen-bond acceptors (Lipinski definition) is 5. The van der Waals surface area contributed by atoms with Gasteiger partial charge in [-0.05, 0) is 31.5 Å². The molecular weight excluding hydrogens is 358 g/mol. The predicted molar refractivity (Wildman–Crippen MR) is 109 cm³/mol. The van der Waals surface area contributed by atoms with Crippen LogP contribution in [0.15, 0.2) is 62.5 Å². The fraction of sp³-hybridized carbons (Fsp3) is 0.238. The molecule has 0 aliphatic heterocycles. The number of benzene rings is 2. The Hall–Kier alpha value is -3.48. The Morgan fingerprint density at radius 2 is 1.75 bits per heavy atom. The van der Waals surface area contributed by atoms with Crippen LogP contribution in [0.1, 0.15) is 19.4 Å². The first kappa shape index (κ1) is 17.9. The lowest BCUT2D eigenvalue weighted by molar-refractivity contribution is 0.156. The summed E-state index contributed by atoms with van der Waals surface area (Å²) in [4.78, 5) is 27.3. The van der Waals surface area contributed by atoms with Crippen LogP contribution in [-0.2, 0) is 6.54 Å². The first-order chi connectivity index (χ1) is 13.5. The number of nitrogens with zero attached hydrogens (tertiary/aromatic N) is 3. The zero-order valence-corrected chi connectivity index (χ0v) is 15.8. The number of furan rings is 1. The molecule has 0 bridgehead atoms. The molecule has 0 fully saturated rings. The highest BCUT2D eigenvalue weighted by molar-refractivity contribution is 6.03. The van der Waals surface area contributed by atoms with Crippen molar-refractivity contribution in [1.29, 1.82) is 0 Å². The smallest absolute Gasteiger partial charge is 0.365 e. The molecule has 0 radical (unpaired) electrons. The van der Waals surface area contributed by atoms with Crippen molar-refractivity contribution < 1.29 is 9.62 Å². The van der Waals surface area contributed by atoms with Crippen LogP contribution in [0.2, 0.25) is 0 Å². The number of aromatic nitrogens is 2. The minimum absolute atomic E-state index is 0.0373. The Balaban J connectivity index is 2.01. The third-order valence-corrected chi connectivity index (χ3v) is 5.03. The van der Waals surface area contributed by atoms with E-state index in [-0.39, 0.29) is 16.9 Å². The number of anilines is 1. The van der Waals surface area contributed by atoms with E-state index >= 15 is 0 Å². The minimum atomic E-state index is -0.857. The average molecular weight is 379 g/mol. The van der Waals surface area contributed by atoms with Crippen LogP contribution in [0.3, 0.4) is 0 Å². The molecule has 0 aliphatic rings. The second-order valence-corrected chi connectivity index (χ2v) is 6.60. The van der Waals surface area contributed by atoms with Crippen molar-refractivity contribution in [3.05, 3.63) is 74.9 Å². The summed E-state index contributed by atoms with van der Waals surface area (Å²) in [6, 6.07) is 15.1. The highest BCUT2D eigenvalue weighted by Gasteiger charge is 2.20. The standard InChI is InChI=1S/C21H21N3O4/c1-3-22(4-2)15-10-11-16-17(12-15)28-19-18(16)23(21(26)24(27)20(19)25)13-14-8-6-5-7-9-14/h5-12,27H,3-4,13H2,1-2H3. The lowest BCUT2D eigenvalue weighted by atomic mass is 10.2. The number of hydrogen-bond donors (Lipinski definition) is 1. The molecule has 7 heteroatoms. The summed E-state index contributed by atoms with van der Waals surface area (Å²) < 4.78 is 7.28.